The second-order valence-electron chi connectivity index (χ2n) is 6.12. The predicted molar refractivity (Wildman–Crippen MR) is 115 cm³/mol. The van der Waals surface area contributed by atoms with E-state index >= 15 is 0 Å². The predicted octanol–water partition coefficient (Wildman–Crippen LogP) is 4.84. The van der Waals surface area contributed by atoms with Crippen molar-refractivity contribution < 1.29 is 14.3 Å². The minimum Gasteiger partial charge on any atom is -0.439 e. The number of aromatic nitrogens is 2. The summed E-state index contributed by atoms with van der Waals surface area (Å²) in [5, 5.41) is 7.80. The van der Waals surface area contributed by atoms with Crippen molar-refractivity contribution >= 4 is 34.0 Å². The number of carbonyl (C=O) groups is 2. The van der Waals surface area contributed by atoms with E-state index in [1.807, 2.05) is 30.3 Å². The molecule has 2 aromatic heterocycles. The van der Waals surface area contributed by atoms with E-state index in [4.69, 9.17) is 4.74 Å². The lowest BCUT2D eigenvalue weighted by molar-refractivity contribution is 0.101. The van der Waals surface area contributed by atoms with E-state index in [0.29, 0.717) is 33.6 Å². The molecule has 0 aliphatic rings. The summed E-state index contributed by atoms with van der Waals surface area (Å²) in [6.45, 7) is 0. The van der Waals surface area contributed by atoms with Gasteiger partial charge in [-0.3, -0.25) is 14.9 Å². The van der Waals surface area contributed by atoms with E-state index in [2.05, 4.69) is 20.6 Å². The number of benzene rings is 2. The maximum absolute atomic E-state index is 12.4. The van der Waals surface area contributed by atoms with Crippen LogP contribution in [0.3, 0.4) is 0 Å². The second kappa shape index (κ2) is 8.97. The Kier molecular flexibility index (Phi) is 5.77. The van der Waals surface area contributed by atoms with Gasteiger partial charge in [0.25, 0.3) is 11.8 Å². The van der Waals surface area contributed by atoms with Crippen molar-refractivity contribution in [3.8, 4) is 11.6 Å². The SMILES string of the molecule is O=C(Nc1ccc(C(=O)Nc2nccs2)cc1)c1ccc(Oc2ccccc2)nc1. The van der Waals surface area contributed by atoms with E-state index in [9.17, 15) is 9.59 Å². The maximum Gasteiger partial charge on any atom is 0.257 e. The minimum absolute atomic E-state index is 0.263. The number of hydrogen-bond donors (Lipinski definition) is 2. The van der Waals surface area contributed by atoms with Crippen LogP contribution >= 0.6 is 11.3 Å². The zero-order chi connectivity index (χ0) is 20.8. The number of hydrogen-bond acceptors (Lipinski definition) is 6. The van der Waals surface area contributed by atoms with E-state index in [0.717, 1.165) is 0 Å². The largest absolute Gasteiger partial charge is 0.439 e. The van der Waals surface area contributed by atoms with Crippen LogP contribution in [-0.4, -0.2) is 21.8 Å². The van der Waals surface area contributed by atoms with Crippen LogP contribution in [0.4, 0.5) is 10.8 Å². The summed E-state index contributed by atoms with van der Waals surface area (Å²) in [6.07, 6.45) is 3.07. The lowest BCUT2D eigenvalue weighted by Crippen LogP contribution is -2.13. The zero-order valence-corrected chi connectivity index (χ0v) is 16.4. The fraction of sp³-hybridized carbons (Fsp3) is 0. The first-order chi connectivity index (χ1) is 14.7. The molecule has 0 radical (unpaired) electrons. The van der Waals surface area contributed by atoms with Crippen molar-refractivity contribution in [3.05, 3.63) is 95.6 Å². The van der Waals surface area contributed by atoms with Gasteiger partial charge in [-0.2, -0.15) is 0 Å². The Balaban J connectivity index is 1.35. The summed E-state index contributed by atoms with van der Waals surface area (Å²) in [7, 11) is 0. The fourth-order valence-electron chi connectivity index (χ4n) is 2.55. The average molecular weight is 416 g/mol. The van der Waals surface area contributed by atoms with Crippen LogP contribution in [0, 0.1) is 0 Å². The monoisotopic (exact) mass is 416 g/mol. The Morgan fingerprint density at radius 1 is 0.800 bits per heavy atom. The molecular formula is C22H16N4O3S. The summed E-state index contributed by atoms with van der Waals surface area (Å²) in [6, 6.07) is 19.1. The molecule has 0 spiro atoms. The van der Waals surface area contributed by atoms with Crippen LogP contribution in [0.25, 0.3) is 0 Å². The van der Waals surface area contributed by atoms with Gasteiger partial charge in [-0.15, -0.1) is 11.3 Å². The Morgan fingerprint density at radius 3 is 2.20 bits per heavy atom. The van der Waals surface area contributed by atoms with Crippen molar-refractivity contribution in [2.45, 2.75) is 0 Å². The molecule has 0 atom stereocenters. The van der Waals surface area contributed by atoms with Crippen molar-refractivity contribution in [2.24, 2.45) is 0 Å². The number of nitrogens with zero attached hydrogens (tertiary/aromatic N) is 2. The van der Waals surface area contributed by atoms with E-state index in [1.165, 1.54) is 17.5 Å². The minimum atomic E-state index is -0.311. The molecule has 0 aliphatic heterocycles. The van der Waals surface area contributed by atoms with Crippen LogP contribution in [-0.2, 0) is 0 Å². The van der Waals surface area contributed by atoms with Crippen molar-refractivity contribution in [3.63, 3.8) is 0 Å². The number of para-hydroxylation sites is 1. The van der Waals surface area contributed by atoms with Gasteiger partial charge in [0.2, 0.25) is 5.88 Å². The number of carbonyl (C=O) groups excluding carboxylic acids is 2. The number of anilines is 2. The van der Waals surface area contributed by atoms with E-state index in [1.54, 1.807) is 48.0 Å². The third-order valence-corrected chi connectivity index (χ3v) is 4.71. The van der Waals surface area contributed by atoms with Crippen LogP contribution < -0.4 is 15.4 Å². The molecule has 148 valence electrons. The first-order valence-electron chi connectivity index (χ1n) is 8.98. The standard InChI is InChI=1S/C22H16N4O3S/c27-20(26-22-23-12-13-30-22)15-6-9-17(10-7-15)25-21(28)16-8-11-19(24-14-16)29-18-4-2-1-3-5-18/h1-14H,(H,25,28)(H,23,26,27). The third-order valence-electron chi connectivity index (χ3n) is 4.02. The van der Waals surface area contributed by atoms with E-state index < -0.39 is 0 Å². The smallest absolute Gasteiger partial charge is 0.257 e. The maximum atomic E-state index is 12.4. The first-order valence-corrected chi connectivity index (χ1v) is 9.86. The molecule has 0 unspecified atom stereocenters. The van der Waals surface area contributed by atoms with Gasteiger partial charge in [0.05, 0.1) is 5.56 Å². The zero-order valence-electron chi connectivity index (χ0n) is 15.6. The lowest BCUT2D eigenvalue weighted by Gasteiger charge is -2.08. The number of pyridine rings is 1. The lowest BCUT2D eigenvalue weighted by atomic mass is 10.2. The van der Waals surface area contributed by atoms with Gasteiger partial charge in [0, 0.05) is 35.1 Å². The highest BCUT2D eigenvalue weighted by Gasteiger charge is 2.10. The topological polar surface area (TPSA) is 93.2 Å². The second-order valence-corrected chi connectivity index (χ2v) is 7.02. The Labute approximate surface area is 176 Å². The van der Waals surface area contributed by atoms with Gasteiger partial charge in [-0.05, 0) is 42.5 Å². The van der Waals surface area contributed by atoms with Crippen molar-refractivity contribution in [1.82, 2.24) is 9.97 Å². The van der Waals surface area contributed by atoms with Crippen molar-refractivity contribution in [1.29, 1.82) is 0 Å². The summed E-state index contributed by atoms with van der Waals surface area (Å²) < 4.78 is 5.62. The van der Waals surface area contributed by atoms with Gasteiger partial charge in [0.1, 0.15) is 5.75 Å². The number of rotatable bonds is 6. The summed E-state index contributed by atoms with van der Waals surface area (Å²) in [5.74, 6) is 0.490. The molecule has 0 saturated heterocycles. The third kappa shape index (κ3) is 4.86. The molecule has 0 bridgehead atoms. The summed E-state index contributed by atoms with van der Waals surface area (Å²) >= 11 is 1.34. The highest BCUT2D eigenvalue weighted by molar-refractivity contribution is 7.13. The number of nitrogens with one attached hydrogen (secondary N) is 2. The van der Waals surface area contributed by atoms with Crippen LogP contribution in [0.1, 0.15) is 20.7 Å². The average Bonchev–Trinajstić information content (AvgIpc) is 3.28. The summed E-state index contributed by atoms with van der Waals surface area (Å²) in [4.78, 5) is 32.8. The van der Waals surface area contributed by atoms with Crippen LogP contribution in [0.5, 0.6) is 11.6 Å². The molecule has 4 rings (SSSR count). The molecule has 0 aliphatic carbocycles. The first kappa shape index (κ1) is 19.3. The number of thiazole rings is 1. The fourth-order valence-corrected chi connectivity index (χ4v) is 3.07. The van der Waals surface area contributed by atoms with Crippen LogP contribution in [0.2, 0.25) is 0 Å². The molecular weight excluding hydrogens is 400 g/mol. The normalized spacial score (nSPS) is 10.3. The Morgan fingerprint density at radius 2 is 1.53 bits per heavy atom. The summed E-state index contributed by atoms with van der Waals surface area (Å²) in [5.41, 5.74) is 1.42. The molecule has 2 aromatic carbocycles. The highest BCUT2D eigenvalue weighted by Crippen LogP contribution is 2.19. The molecule has 4 aromatic rings. The molecule has 7 nitrogen and oxygen atoms in total. The van der Waals surface area contributed by atoms with Gasteiger partial charge >= 0.3 is 0 Å². The Bertz CT molecular complexity index is 1130. The van der Waals surface area contributed by atoms with E-state index in [-0.39, 0.29) is 11.8 Å². The highest BCUT2D eigenvalue weighted by atomic mass is 32.1. The van der Waals surface area contributed by atoms with Crippen LogP contribution in [0.15, 0.2) is 84.5 Å². The van der Waals surface area contributed by atoms with Gasteiger partial charge < -0.3 is 10.1 Å². The molecule has 0 saturated carbocycles. The number of ether oxygens (including phenoxy) is 1. The molecule has 2 heterocycles. The molecule has 2 amide bonds. The molecule has 8 heteroatoms. The molecule has 2 N–H and O–H groups in total. The van der Waals surface area contributed by atoms with Crippen molar-refractivity contribution in [2.75, 3.05) is 10.6 Å². The molecule has 30 heavy (non-hydrogen) atoms. The van der Waals surface area contributed by atoms with Gasteiger partial charge in [-0.1, -0.05) is 18.2 Å². The number of amides is 2. The Hall–Kier alpha value is -4.04. The van der Waals surface area contributed by atoms with Gasteiger partial charge in [-0.25, -0.2) is 9.97 Å². The molecule has 0 fully saturated rings. The quantitative estimate of drug-likeness (QED) is 0.469. The van der Waals surface area contributed by atoms with Gasteiger partial charge in [0.15, 0.2) is 5.13 Å².